The molecule has 2 aromatic rings. The highest BCUT2D eigenvalue weighted by Gasteiger charge is 2.08. The molecule has 130 valence electrons. The summed E-state index contributed by atoms with van der Waals surface area (Å²) < 4.78 is 18.3. The first-order valence-corrected chi connectivity index (χ1v) is 8.36. The zero-order chi connectivity index (χ0) is 16.8. The maximum atomic E-state index is 12.9. The average molecular weight is 422 g/mol. The summed E-state index contributed by atoms with van der Waals surface area (Å²) in [5.74, 6) is 0.583. The van der Waals surface area contributed by atoms with Gasteiger partial charge in [0.2, 0.25) is 5.17 Å². The van der Waals surface area contributed by atoms with Gasteiger partial charge in [-0.3, -0.25) is 5.43 Å². The molecule has 0 saturated heterocycles. The first-order valence-electron chi connectivity index (χ1n) is 7.48. The van der Waals surface area contributed by atoms with Crippen LogP contribution in [0.3, 0.4) is 0 Å². The van der Waals surface area contributed by atoms with Crippen molar-refractivity contribution in [2.24, 2.45) is 10.1 Å². The van der Waals surface area contributed by atoms with E-state index in [1.165, 1.54) is 23.9 Å². The molecule has 0 aliphatic carbocycles. The van der Waals surface area contributed by atoms with Crippen molar-refractivity contribution in [3.63, 3.8) is 0 Å². The minimum Gasteiger partial charge on any atom is -0.494 e. The highest BCUT2D eigenvalue weighted by Crippen LogP contribution is 2.23. The number of halogens is 2. The van der Waals surface area contributed by atoms with Gasteiger partial charge in [-0.25, -0.2) is 9.38 Å². The van der Waals surface area contributed by atoms with E-state index in [4.69, 9.17) is 4.74 Å². The van der Waals surface area contributed by atoms with Crippen LogP contribution >= 0.6 is 28.7 Å². The van der Waals surface area contributed by atoms with E-state index < -0.39 is 0 Å². The average Bonchev–Trinajstić information content (AvgIpc) is 2.63. The van der Waals surface area contributed by atoms with Gasteiger partial charge in [0, 0.05) is 17.2 Å². The van der Waals surface area contributed by atoms with Crippen LogP contribution in [0, 0.1) is 5.82 Å². The third-order valence-electron chi connectivity index (χ3n) is 3.22. The lowest BCUT2D eigenvalue weighted by atomic mass is 10.2. The standard InChI is InChI=1S/C18H16FN3OS.BrH/c1-2-23-16-9-5-14(6-10-16)17-12-24-18(22-21-17)20-11-13-3-7-15(19)8-4-13;/h3-12,21H,2H2,1H3;1H/b20-11+;. The van der Waals surface area contributed by atoms with Crippen molar-refractivity contribution in [2.75, 3.05) is 6.61 Å². The summed E-state index contributed by atoms with van der Waals surface area (Å²) in [5, 5.41) is 6.79. The maximum Gasteiger partial charge on any atom is 0.210 e. The lowest BCUT2D eigenvalue weighted by molar-refractivity contribution is 0.340. The number of hydrogen-bond donors (Lipinski definition) is 1. The molecular weight excluding hydrogens is 405 g/mol. The Labute approximate surface area is 160 Å². The van der Waals surface area contributed by atoms with E-state index in [1.807, 2.05) is 36.6 Å². The number of hydrogen-bond acceptors (Lipinski definition) is 5. The SMILES string of the molecule is Br.CCOc1ccc(C2=CSC(/N=C/c3ccc(F)cc3)=NN2)cc1. The van der Waals surface area contributed by atoms with Gasteiger partial charge < -0.3 is 4.74 Å². The second-order valence-corrected chi connectivity index (χ2v) is 5.76. The number of benzene rings is 2. The number of amidine groups is 1. The molecule has 1 N–H and O–H groups in total. The fourth-order valence-electron chi connectivity index (χ4n) is 2.04. The van der Waals surface area contributed by atoms with Gasteiger partial charge in [-0.05, 0) is 48.9 Å². The molecule has 4 nitrogen and oxygen atoms in total. The predicted octanol–water partition coefficient (Wildman–Crippen LogP) is 4.83. The van der Waals surface area contributed by atoms with Gasteiger partial charge in [-0.2, -0.15) is 0 Å². The Morgan fingerprint density at radius 3 is 2.48 bits per heavy atom. The Hall–Kier alpha value is -2.12. The number of hydrazone groups is 1. The highest BCUT2D eigenvalue weighted by atomic mass is 79.9. The van der Waals surface area contributed by atoms with Crippen LogP contribution in [0.4, 0.5) is 4.39 Å². The molecule has 1 heterocycles. The minimum absolute atomic E-state index is 0. The maximum absolute atomic E-state index is 12.9. The van der Waals surface area contributed by atoms with Crippen molar-refractivity contribution < 1.29 is 9.13 Å². The smallest absolute Gasteiger partial charge is 0.210 e. The molecule has 0 spiro atoms. The van der Waals surface area contributed by atoms with E-state index in [1.54, 1.807) is 18.3 Å². The molecule has 25 heavy (non-hydrogen) atoms. The molecule has 2 aromatic carbocycles. The van der Waals surface area contributed by atoms with Crippen LogP contribution in [0.25, 0.3) is 5.70 Å². The number of nitrogens with one attached hydrogen (secondary N) is 1. The summed E-state index contributed by atoms with van der Waals surface area (Å²) in [6.45, 7) is 2.61. The van der Waals surface area contributed by atoms with Crippen LogP contribution in [0.5, 0.6) is 5.75 Å². The van der Waals surface area contributed by atoms with E-state index in [-0.39, 0.29) is 22.8 Å². The summed E-state index contributed by atoms with van der Waals surface area (Å²) >= 11 is 1.43. The van der Waals surface area contributed by atoms with Crippen molar-refractivity contribution in [1.82, 2.24) is 5.43 Å². The van der Waals surface area contributed by atoms with Gasteiger partial charge in [-0.15, -0.1) is 22.1 Å². The second kappa shape index (κ2) is 9.39. The van der Waals surface area contributed by atoms with Crippen LogP contribution in [0.2, 0.25) is 0 Å². The molecule has 7 heteroatoms. The first kappa shape index (κ1) is 19.2. The molecule has 0 bridgehead atoms. The van der Waals surface area contributed by atoms with Crippen LogP contribution in [-0.4, -0.2) is 18.0 Å². The molecule has 0 aromatic heterocycles. The van der Waals surface area contributed by atoms with E-state index in [9.17, 15) is 4.39 Å². The first-order chi connectivity index (χ1) is 11.7. The lowest BCUT2D eigenvalue weighted by Crippen LogP contribution is -2.10. The largest absolute Gasteiger partial charge is 0.494 e. The summed E-state index contributed by atoms with van der Waals surface area (Å²) in [5.41, 5.74) is 5.75. The number of ether oxygens (including phenoxy) is 1. The summed E-state index contributed by atoms with van der Waals surface area (Å²) in [4.78, 5) is 4.29. The molecular formula is C18H17BrFN3OS. The minimum atomic E-state index is -0.263. The quantitative estimate of drug-likeness (QED) is 0.719. The Kier molecular flexibility index (Phi) is 7.21. The lowest BCUT2D eigenvalue weighted by Gasteiger charge is -2.12. The second-order valence-electron chi connectivity index (χ2n) is 4.92. The molecule has 0 fully saturated rings. The van der Waals surface area contributed by atoms with E-state index in [2.05, 4.69) is 15.5 Å². The molecule has 0 radical (unpaired) electrons. The zero-order valence-electron chi connectivity index (χ0n) is 13.5. The zero-order valence-corrected chi connectivity index (χ0v) is 16.0. The fourth-order valence-corrected chi connectivity index (χ4v) is 2.66. The van der Waals surface area contributed by atoms with Crippen LogP contribution in [0.1, 0.15) is 18.1 Å². The van der Waals surface area contributed by atoms with Gasteiger partial charge in [-0.1, -0.05) is 23.9 Å². The summed E-state index contributed by atoms with van der Waals surface area (Å²) in [7, 11) is 0. The number of thioether (sulfide) groups is 1. The predicted molar refractivity (Wildman–Crippen MR) is 108 cm³/mol. The van der Waals surface area contributed by atoms with Gasteiger partial charge in [0.05, 0.1) is 12.3 Å². The van der Waals surface area contributed by atoms with Crippen molar-refractivity contribution in [3.05, 3.63) is 70.9 Å². The molecule has 0 amide bonds. The van der Waals surface area contributed by atoms with Crippen LogP contribution < -0.4 is 10.2 Å². The van der Waals surface area contributed by atoms with Crippen molar-refractivity contribution in [2.45, 2.75) is 6.92 Å². The van der Waals surface area contributed by atoms with Gasteiger partial charge >= 0.3 is 0 Å². The Bertz CT molecular complexity index is 789. The third kappa shape index (κ3) is 5.44. The molecule has 1 aliphatic heterocycles. The highest BCUT2D eigenvalue weighted by molar-refractivity contribution is 8.93. The molecule has 0 unspecified atom stereocenters. The van der Waals surface area contributed by atoms with Crippen LogP contribution in [-0.2, 0) is 0 Å². The monoisotopic (exact) mass is 421 g/mol. The van der Waals surface area contributed by atoms with Crippen molar-refractivity contribution >= 4 is 45.8 Å². The van der Waals surface area contributed by atoms with E-state index >= 15 is 0 Å². The third-order valence-corrected chi connectivity index (χ3v) is 3.99. The molecule has 0 saturated carbocycles. The number of nitrogens with zero attached hydrogens (tertiary/aromatic N) is 2. The Morgan fingerprint density at radius 1 is 1.16 bits per heavy atom. The molecule has 3 rings (SSSR count). The summed E-state index contributed by atoms with van der Waals surface area (Å²) in [6.07, 6.45) is 1.66. The molecule has 0 atom stereocenters. The normalized spacial score (nSPS) is 13.5. The van der Waals surface area contributed by atoms with Gasteiger partial charge in [0.25, 0.3) is 0 Å². The van der Waals surface area contributed by atoms with Crippen molar-refractivity contribution in [1.29, 1.82) is 0 Å². The van der Waals surface area contributed by atoms with E-state index in [0.717, 1.165) is 22.6 Å². The van der Waals surface area contributed by atoms with Crippen molar-refractivity contribution in [3.8, 4) is 5.75 Å². The van der Waals surface area contributed by atoms with E-state index in [0.29, 0.717) is 11.8 Å². The van der Waals surface area contributed by atoms with Crippen LogP contribution in [0.15, 0.2) is 64.0 Å². The topological polar surface area (TPSA) is 46.0 Å². The summed E-state index contributed by atoms with van der Waals surface area (Å²) in [6, 6.07) is 14.0. The number of aliphatic imine (C=N–C) groups is 1. The van der Waals surface area contributed by atoms with Gasteiger partial charge in [0.1, 0.15) is 11.6 Å². The van der Waals surface area contributed by atoms with Gasteiger partial charge in [0.15, 0.2) is 0 Å². The Morgan fingerprint density at radius 2 is 1.88 bits per heavy atom. The fraction of sp³-hybridized carbons (Fsp3) is 0.111. The Balaban J connectivity index is 0.00000225. The number of rotatable bonds is 4. The molecule has 1 aliphatic rings.